The van der Waals surface area contributed by atoms with Crippen molar-refractivity contribution in [3.05, 3.63) is 0 Å². The molecule has 1 atom stereocenters. The highest BCUT2D eigenvalue weighted by molar-refractivity contribution is 7.91. The van der Waals surface area contributed by atoms with Crippen LogP contribution < -0.4 is 5.32 Å². The van der Waals surface area contributed by atoms with Gasteiger partial charge in [0.1, 0.15) is 0 Å². The lowest BCUT2D eigenvalue weighted by Gasteiger charge is -2.35. The number of carbonyl (C=O) groups excluding carboxylic acids is 1. The molecule has 0 aliphatic carbocycles. The Kier molecular flexibility index (Phi) is 4.81. The Morgan fingerprint density at radius 1 is 1.26 bits per heavy atom. The molecule has 1 N–H and O–H groups in total. The fourth-order valence-electron chi connectivity index (χ4n) is 2.65. The zero-order valence-corrected chi connectivity index (χ0v) is 12.3. The molecule has 0 aromatic carbocycles. The summed E-state index contributed by atoms with van der Waals surface area (Å²) in [5, 5.41) is 3.13. The van der Waals surface area contributed by atoms with Gasteiger partial charge in [-0.25, -0.2) is 8.42 Å². The van der Waals surface area contributed by atoms with Crippen molar-refractivity contribution in [1.82, 2.24) is 15.1 Å². The number of carbonyl (C=O) groups is 1. The van der Waals surface area contributed by atoms with Gasteiger partial charge in [0.05, 0.1) is 11.5 Å². The fraction of sp³-hybridized carbons (Fsp3) is 0.917. The van der Waals surface area contributed by atoms with E-state index in [0.717, 1.165) is 32.7 Å². The van der Waals surface area contributed by atoms with Crippen molar-refractivity contribution < 1.29 is 13.2 Å². The molecule has 0 aromatic heterocycles. The Labute approximate surface area is 115 Å². The Bertz CT molecular complexity index is 416. The molecular weight excluding hydrogens is 266 g/mol. The largest absolute Gasteiger partial charge is 0.340 e. The monoisotopic (exact) mass is 289 g/mol. The number of sulfone groups is 1. The van der Waals surface area contributed by atoms with Crippen molar-refractivity contribution in [2.45, 2.75) is 19.4 Å². The summed E-state index contributed by atoms with van der Waals surface area (Å²) >= 11 is 0. The molecule has 2 fully saturated rings. The third-order valence-corrected chi connectivity index (χ3v) is 5.63. The third-order valence-electron chi connectivity index (χ3n) is 3.89. The van der Waals surface area contributed by atoms with Gasteiger partial charge in [-0.1, -0.05) is 6.92 Å². The highest BCUT2D eigenvalue weighted by Gasteiger charge is 2.28. The number of likely N-dealkylation sites (N-methyl/N-ethyl adjacent to an activating group) is 1. The van der Waals surface area contributed by atoms with Crippen LogP contribution in [-0.2, 0) is 14.6 Å². The van der Waals surface area contributed by atoms with E-state index in [1.807, 2.05) is 4.90 Å². The number of amides is 1. The minimum atomic E-state index is -2.96. The fourth-order valence-corrected chi connectivity index (χ4v) is 4.10. The van der Waals surface area contributed by atoms with Crippen LogP contribution in [0.4, 0.5) is 0 Å². The SMILES string of the molecule is CCN1CCN(C(=O)CC2CS(=O)(=O)CCN2)CC1. The van der Waals surface area contributed by atoms with E-state index in [1.54, 1.807) is 0 Å². The van der Waals surface area contributed by atoms with E-state index in [9.17, 15) is 13.2 Å². The van der Waals surface area contributed by atoms with Crippen molar-refractivity contribution in [3.63, 3.8) is 0 Å². The Morgan fingerprint density at radius 3 is 2.53 bits per heavy atom. The Morgan fingerprint density at radius 2 is 1.95 bits per heavy atom. The van der Waals surface area contributed by atoms with Crippen LogP contribution in [-0.4, -0.2) is 80.9 Å². The maximum atomic E-state index is 12.1. The molecule has 0 bridgehead atoms. The summed E-state index contributed by atoms with van der Waals surface area (Å²) in [4.78, 5) is 16.3. The first kappa shape index (κ1) is 14.7. The molecule has 1 unspecified atom stereocenters. The topological polar surface area (TPSA) is 69.7 Å². The molecule has 2 aliphatic rings. The van der Waals surface area contributed by atoms with Gasteiger partial charge in [0.25, 0.3) is 0 Å². The summed E-state index contributed by atoms with van der Waals surface area (Å²) in [6.07, 6.45) is 0.297. The summed E-state index contributed by atoms with van der Waals surface area (Å²) in [5.41, 5.74) is 0. The predicted octanol–water partition coefficient (Wildman–Crippen LogP) is -1.07. The minimum absolute atomic E-state index is 0.0744. The van der Waals surface area contributed by atoms with Crippen LogP contribution in [0.25, 0.3) is 0 Å². The molecule has 0 spiro atoms. The zero-order valence-electron chi connectivity index (χ0n) is 11.5. The van der Waals surface area contributed by atoms with Crippen molar-refractivity contribution in [3.8, 4) is 0 Å². The van der Waals surface area contributed by atoms with E-state index in [1.165, 1.54) is 0 Å². The number of piperazine rings is 1. The smallest absolute Gasteiger partial charge is 0.224 e. The molecule has 2 heterocycles. The number of nitrogens with one attached hydrogen (secondary N) is 1. The van der Waals surface area contributed by atoms with Gasteiger partial charge in [-0.15, -0.1) is 0 Å². The molecule has 7 heteroatoms. The van der Waals surface area contributed by atoms with Crippen LogP contribution in [0, 0.1) is 0 Å². The predicted molar refractivity (Wildman–Crippen MR) is 73.8 cm³/mol. The average Bonchev–Trinajstić information content (AvgIpc) is 2.37. The van der Waals surface area contributed by atoms with Crippen LogP contribution in [0.15, 0.2) is 0 Å². The Balaban J connectivity index is 1.81. The second-order valence-electron chi connectivity index (χ2n) is 5.28. The van der Waals surface area contributed by atoms with Gasteiger partial charge in [0.2, 0.25) is 5.91 Å². The second kappa shape index (κ2) is 6.19. The maximum absolute atomic E-state index is 12.1. The lowest BCUT2D eigenvalue weighted by molar-refractivity contribution is -0.133. The maximum Gasteiger partial charge on any atom is 0.224 e. The lowest BCUT2D eigenvalue weighted by Crippen LogP contribution is -2.52. The summed E-state index contributed by atoms with van der Waals surface area (Å²) in [6, 6.07) is -0.213. The molecule has 2 rings (SSSR count). The third kappa shape index (κ3) is 4.15. The molecule has 6 nitrogen and oxygen atoms in total. The number of hydrogen-bond acceptors (Lipinski definition) is 5. The van der Waals surface area contributed by atoms with Gasteiger partial charge >= 0.3 is 0 Å². The van der Waals surface area contributed by atoms with E-state index in [0.29, 0.717) is 13.0 Å². The van der Waals surface area contributed by atoms with Gasteiger partial charge in [-0.05, 0) is 6.54 Å². The average molecular weight is 289 g/mol. The van der Waals surface area contributed by atoms with Crippen LogP contribution >= 0.6 is 0 Å². The zero-order chi connectivity index (χ0) is 13.9. The standard InChI is InChI=1S/C12H23N3O3S/c1-2-14-4-6-15(7-5-14)12(16)9-11-10-19(17,18)8-3-13-11/h11,13H,2-10H2,1H3. The molecule has 110 valence electrons. The first-order chi connectivity index (χ1) is 9.00. The second-order valence-corrected chi connectivity index (χ2v) is 7.51. The molecule has 1 amide bonds. The highest BCUT2D eigenvalue weighted by Crippen LogP contribution is 2.09. The van der Waals surface area contributed by atoms with E-state index >= 15 is 0 Å². The molecule has 0 radical (unpaired) electrons. The van der Waals surface area contributed by atoms with Gasteiger partial charge < -0.3 is 15.1 Å². The number of rotatable bonds is 3. The van der Waals surface area contributed by atoms with Crippen molar-refractivity contribution in [2.24, 2.45) is 0 Å². The van der Waals surface area contributed by atoms with Gasteiger partial charge in [-0.3, -0.25) is 4.79 Å². The van der Waals surface area contributed by atoms with Gasteiger partial charge in [0.15, 0.2) is 9.84 Å². The Hall–Kier alpha value is -0.660. The minimum Gasteiger partial charge on any atom is -0.340 e. The summed E-state index contributed by atoms with van der Waals surface area (Å²) in [5.74, 6) is 0.353. The number of hydrogen-bond donors (Lipinski definition) is 1. The van der Waals surface area contributed by atoms with Crippen molar-refractivity contribution in [2.75, 3.05) is 50.8 Å². The van der Waals surface area contributed by atoms with Crippen molar-refractivity contribution in [1.29, 1.82) is 0 Å². The quantitative estimate of drug-likeness (QED) is 0.716. The van der Waals surface area contributed by atoms with Crippen LogP contribution in [0.5, 0.6) is 0 Å². The van der Waals surface area contributed by atoms with E-state index in [-0.39, 0.29) is 23.5 Å². The molecule has 0 aromatic rings. The van der Waals surface area contributed by atoms with Crippen LogP contribution in [0.1, 0.15) is 13.3 Å². The molecular formula is C12H23N3O3S. The molecule has 19 heavy (non-hydrogen) atoms. The van der Waals surface area contributed by atoms with Gasteiger partial charge in [-0.2, -0.15) is 0 Å². The summed E-state index contributed by atoms with van der Waals surface area (Å²) < 4.78 is 23.1. The summed E-state index contributed by atoms with van der Waals surface area (Å²) in [6.45, 7) is 6.94. The summed E-state index contributed by atoms with van der Waals surface area (Å²) in [7, 11) is -2.96. The first-order valence-electron chi connectivity index (χ1n) is 6.94. The molecule has 0 saturated carbocycles. The van der Waals surface area contributed by atoms with E-state index in [2.05, 4.69) is 17.1 Å². The molecule has 2 saturated heterocycles. The van der Waals surface area contributed by atoms with E-state index in [4.69, 9.17) is 0 Å². The van der Waals surface area contributed by atoms with E-state index < -0.39 is 9.84 Å². The van der Waals surface area contributed by atoms with Crippen LogP contribution in [0.2, 0.25) is 0 Å². The van der Waals surface area contributed by atoms with Crippen molar-refractivity contribution >= 4 is 15.7 Å². The first-order valence-corrected chi connectivity index (χ1v) is 8.76. The normalized spacial score (nSPS) is 28.3. The number of nitrogens with zero attached hydrogens (tertiary/aromatic N) is 2. The highest BCUT2D eigenvalue weighted by atomic mass is 32.2. The molecule has 2 aliphatic heterocycles. The van der Waals surface area contributed by atoms with Gasteiger partial charge in [0, 0.05) is 45.2 Å². The lowest BCUT2D eigenvalue weighted by atomic mass is 10.2. The van der Waals surface area contributed by atoms with Crippen LogP contribution in [0.3, 0.4) is 0 Å².